The van der Waals surface area contributed by atoms with Gasteiger partial charge >= 0.3 is 0 Å². The van der Waals surface area contributed by atoms with E-state index < -0.39 is 0 Å². The van der Waals surface area contributed by atoms with Gasteiger partial charge in [0.15, 0.2) is 0 Å². The Bertz CT molecular complexity index is 1170. The van der Waals surface area contributed by atoms with Crippen LogP contribution in [0.5, 0.6) is 5.75 Å². The summed E-state index contributed by atoms with van der Waals surface area (Å²) in [5, 5.41) is 22.8. The number of nitriles is 1. The van der Waals surface area contributed by atoms with Crippen molar-refractivity contribution in [3.63, 3.8) is 0 Å². The molecule has 3 N–H and O–H groups in total. The third-order valence-electron chi connectivity index (χ3n) is 5.16. The highest BCUT2D eigenvalue weighted by Gasteiger charge is 2.27. The molecule has 1 aromatic heterocycles. The first-order chi connectivity index (χ1) is 15.0. The Hall–Kier alpha value is -3.28. The number of aromatic nitrogens is 2. The van der Waals surface area contributed by atoms with Crippen molar-refractivity contribution in [2.45, 2.75) is 38.8 Å². The second-order valence-electron chi connectivity index (χ2n) is 7.64. The number of benzene rings is 2. The van der Waals surface area contributed by atoms with Gasteiger partial charge in [0.05, 0.1) is 24.3 Å². The maximum atomic E-state index is 11.7. The molecule has 31 heavy (non-hydrogen) atoms. The van der Waals surface area contributed by atoms with Crippen LogP contribution in [0.4, 0.5) is 0 Å². The van der Waals surface area contributed by atoms with Crippen molar-refractivity contribution in [3.8, 4) is 33.0 Å². The highest BCUT2D eigenvalue weighted by atomic mass is 32.1. The van der Waals surface area contributed by atoms with Crippen LogP contribution >= 0.6 is 11.3 Å². The number of carbonyl (C=O) groups is 1. The van der Waals surface area contributed by atoms with Gasteiger partial charge in [-0.15, -0.1) is 10.2 Å². The van der Waals surface area contributed by atoms with Crippen molar-refractivity contribution < 1.29 is 9.53 Å². The van der Waals surface area contributed by atoms with Crippen LogP contribution in [0.3, 0.4) is 0 Å². The molecular formula is C23H23N5O2S. The zero-order valence-corrected chi connectivity index (χ0v) is 18.2. The van der Waals surface area contributed by atoms with Crippen molar-refractivity contribution >= 4 is 17.2 Å². The summed E-state index contributed by atoms with van der Waals surface area (Å²) in [6.45, 7) is 3.84. The number of amides is 1. The minimum absolute atomic E-state index is 0.00952. The smallest absolute Gasteiger partial charge is 0.234 e. The molecule has 1 aliphatic carbocycles. The summed E-state index contributed by atoms with van der Waals surface area (Å²) < 4.78 is 5.70. The molecule has 0 bridgehead atoms. The Balaban J connectivity index is 1.64. The standard InChI is InChI=1S/C23H23N5O2S/c1-13(2)30-20-9-6-14(10-15(20)11-24)22-27-28-23(31-22)18-5-3-4-17-16(18)7-8-19(17)26-21(29)12-25/h3-6,9-10,13,19H,7-8,12,25H2,1-2H3,(H,26,29)/t19-/m0/s1. The fourth-order valence-electron chi connectivity index (χ4n) is 3.81. The van der Waals surface area contributed by atoms with Gasteiger partial charge in [0, 0.05) is 11.1 Å². The molecule has 0 spiro atoms. The maximum Gasteiger partial charge on any atom is 0.234 e. The fraction of sp³-hybridized carbons (Fsp3) is 0.304. The molecule has 2 aromatic carbocycles. The van der Waals surface area contributed by atoms with Gasteiger partial charge in [0.2, 0.25) is 5.91 Å². The Morgan fingerprint density at radius 3 is 2.87 bits per heavy atom. The SMILES string of the molecule is CC(C)Oc1ccc(-c2nnc(-c3cccc4c3CC[C@@H]4NC(=O)CN)s2)cc1C#N. The monoisotopic (exact) mass is 433 g/mol. The summed E-state index contributed by atoms with van der Waals surface area (Å²) in [4.78, 5) is 11.7. The van der Waals surface area contributed by atoms with Crippen LogP contribution in [0, 0.1) is 11.3 Å². The molecule has 158 valence electrons. The van der Waals surface area contributed by atoms with Crippen LogP contribution in [0.1, 0.15) is 43.0 Å². The van der Waals surface area contributed by atoms with Crippen molar-refractivity contribution in [3.05, 3.63) is 53.1 Å². The second kappa shape index (κ2) is 8.84. The first kappa shape index (κ1) is 21.0. The molecule has 0 saturated heterocycles. The number of ether oxygens (including phenoxy) is 1. The zero-order valence-electron chi connectivity index (χ0n) is 17.4. The van der Waals surface area contributed by atoms with Gasteiger partial charge in [-0.05, 0) is 56.0 Å². The van der Waals surface area contributed by atoms with Gasteiger partial charge in [-0.1, -0.05) is 29.5 Å². The van der Waals surface area contributed by atoms with Crippen LogP contribution in [-0.4, -0.2) is 28.8 Å². The Morgan fingerprint density at radius 2 is 2.13 bits per heavy atom. The maximum absolute atomic E-state index is 11.7. The van der Waals surface area contributed by atoms with Crippen LogP contribution < -0.4 is 15.8 Å². The van der Waals surface area contributed by atoms with Crippen molar-refractivity contribution in [1.29, 1.82) is 5.26 Å². The lowest BCUT2D eigenvalue weighted by molar-refractivity contribution is -0.120. The first-order valence-corrected chi connectivity index (χ1v) is 11.0. The van der Waals surface area contributed by atoms with E-state index in [2.05, 4.69) is 21.6 Å². The van der Waals surface area contributed by atoms with Gasteiger partial charge in [-0.3, -0.25) is 4.79 Å². The number of nitrogens with zero attached hydrogens (tertiary/aromatic N) is 3. The van der Waals surface area contributed by atoms with Gasteiger partial charge in [0.1, 0.15) is 21.8 Å². The lowest BCUT2D eigenvalue weighted by Gasteiger charge is -2.13. The molecule has 4 rings (SSSR count). The number of hydrogen-bond acceptors (Lipinski definition) is 7. The van der Waals surface area contributed by atoms with E-state index in [1.807, 2.05) is 38.1 Å². The molecule has 8 heteroatoms. The minimum atomic E-state index is -0.153. The largest absolute Gasteiger partial charge is 0.490 e. The number of nitrogens with one attached hydrogen (secondary N) is 1. The van der Waals surface area contributed by atoms with Crippen molar-refractivity contribution in [2.24, 2.45) is 5.73 Å². The average Bonchev–Trinajstić information content (AvgIpc) is 3.41. The Labute approximate surface area is 184 Å². The molecule has 0 unspecified atom stereocenters. The van der Waals surface area contributed by atoms with E-state index in [0.29, 0.717) is 11.3 Å². The van der Waals surface area contributed by atoms with Gasteiger partial charge in [0.25, 0.3) is 0 Å². The molecular weight excluding hydrogens is 410 g/mol. The van der Waals surface area contributed by atoms with E-state index in [0.717, 1.165) is 39.5 Å². The molecule has 7 nitrogen and oxygen atoms in total. The van der Waals surface area contributed by atoms with Gasteiger partial charge in [-0.25, -0.2) is 0 Å². The summed E-state index contributed by atoms with van der Waals surface area (Å²) in [6.07, 6.45) is 1.69. The van der Waals surface area contributed by atoms with E-state index in [4.69, 9.17) is 10.5 Å². The number of fused-ring (bicyclic) bond motifs is 1. The zero-order chi connectivity index (χ0) is 22.0. The molecule has 0 saturated carbocycles. The number of nitrogens with two attached hydrogens (primary N) is 1. The first-order valence-electron chi connectivity index (χ1n) is 10.2. The van der Waals surface area contributed by atoms with Crippen LogP contribution in [0.25, 0.3) is 21.1 Å². The predicted molar refractivity (Wildman–Crippen MR) is 120 cm³/mol. The summed E-state index contributed by atoms with van der Waals surface area (Å²) in [5.74, 6) is 0.414. The van der Waals surface area contributed by atoms with Crippen LogP contribution in [0.2, 0.25) is 0 Å². The summed E-state index contributed by atoms with van der Waals surface area (Å²) >= 11 is 1.48. The second-order valence-corrected chi connectivity index (χ2v) is 8.62. The molecule has 0 radical (unpaired) electrons. The average molecular weight is 434 g/mol. The molecule has 1 atom stereocenters. The molecule has 0 aliphatic heterocycles. The van der Waals surface area contributed by atoms with Gasteiger partial charge < -0.3 is 15.8 Å². The summed E-state index contributed by atoms with van der Waals surface area (Å²) in [5.41, 5.74) is 10.1. The number of rotatable bonds is 6. The minimum Gasteiger partial charge on any atom is -0.490 e. The fourth-order valence-corrected chi connectivity index (χ4v) is 4.71. The third-order valence-corrected chi connectivity index (χ3v) is 6.16. The molecule has 1 aliphatic rings. The van der Waals surface area contributed by atoms with Crippen molar-refractivity contribution in [1.82, 2.24) is 15.5 Å². The van der Waals surface area contributed by atoms with E-state index >= 15 is 0 Å². The molecule has 3 aromatic rings. The van der Waals surface area contributed by atoms with E-state index in [1.54, 1.807) is 12.1 Å². The molecule has 0 fully saturated rings. The van der Waals surface area contributed by atoms with Crippen LogP contribution in [0.15, 0.2) is 36.4 Å². The topological polar surface area (TPSA) is 114 Å². The van der Waals surface area contributed by atoms with E-state index in [1.165, 1.54) is 16.9 Å². The van der Waals surface area contributed by atoms with E-state index in [-0.39, 0.29) is 24.6 Å². The molecule has 1 heterocycles. The lowest BCUT2D eigenvalue weighted by atomic mass is 10.0. The summed E-state index contributed by atoms with van der Waals surface area (Å²) in [6, 6.07) is 13.7. The van der Waals surface area contributed by atoms with Gasteiger partial charge in [-0.2, -0.15) is 5.26 Å². The Morgan fingerprint density at radius 1 is 1.32 bits per heavy atom. The predicted octanol–water partition coefficient (Wildman–Crippen LogP) is 3.59. The Kier molecular flexibility index (Phi) is 5.98. The molecule has 1 amide bonds. The highest BCUT2D eigenvalue weighted by molar-refractivity contribution is 7.17. The summed E-state index contributed by atoms with van der Waals surface area (Å²) in [7, 11) is 0. The van der Waals surface area contributed by atoms with Crippen molar-refractivity contribution in [2.75, 3.05) is 6.54 Å². The number of carbonyl (C=O) groups excluding carboxylic acids is 1. The third kappa shape index (κ3) is 4.29. The normalized spacial score (nSPS) is 14.9. The van der Waals surface area contributed by atoms with E-state index in [9.17, 15) is 10.1 Å². The highest BCUT2D eigenvalue weighted by Crippen LogP contribution is 2.40. The number of hydrogen-bond donors (Lipinski definition) is 2. The van der Waals surface area contributed by atoms with Crippen LogP contribution in [-0.2, 0) is 11.2 Å². The quantitative estimate of drug-likeness (QED) is 0.614. The lowest BCUT2D eigenvalue weighted by Crippen LogP contribution is -2.32.